The van der Waals surface area contributed by atoms with Crippen molar-refractivity contribution in [3.63, 3.8) is 0 Å². The van der Waals surface area contributed by atoms with Crippen molar-refractivity contribution in [2.24, 2.45) is 0 Å². The molecule has 0 aliphatic rings. The summed E-state index contributed by atoms with van der Waals surface area (Å²) in [6, 6.07) is 12.6. The Morgan fingerprint density at radius 2 is 1.04 bits per heavy atom. The summed E-state index contributed by atoms with van der Waals surface area (Å²) in [6.45, 7) is 3.99. The summed E-state index contributed by atoms with van der Waals surface area (Å²) >= 11 is 36.0. The Bertz CT molecular complexity index is 1600. The number of hydrogen-bond acceptors (Lipinski definition) is 12. The van der Waals surface area contributed by atoms with Crippen LogP contribution in [-0.4, -0.2) is 54.7 Å². The van der Waals surface area contributed by atoms with Crippen molar-refractivity contribution in [3.8, 4) is 12.0 Å². The second-order valence-corrected chi connectivity index (χ2v) is 11.7. The van der Waals surface area contributed by atoms with E-state index in [0.29, 0.717) is 21.2 Å². The largest absolute Gasteiger partial charge is 0.457 e. The fraction of sp³-hybridized carbons (Fsp3) is 0.267. The van der Waals surface area contributed by atoms with Crippen LogP contribution in [0.4, 0.5) is 0 Å². The van der Waals surface area contributed by atoms with Gasteiger partial charge >= 0.3 is 34.4 Å². The molecule has 0 fully saturated rings. The van der Waals surface area contributed by atoms with Crippen LogP contribution in [0.1, 0.15) is 48.2 Å². The summed E-state index contributed by atoms with van der Waals surface area (Å²) in [5, 5.41) is 0.633. The third-order valence-electron chi connectivity index (χ3n) is 6.20. The van der Waals surface area contributed by atoms with Gasteiger partial charge in [-0.15, -0.1) is 0 Å². The lowest BCUT2D eigenvalue weighted by Gasteiger charge is -2.25. The van der Waals surface area contributed by atoms with E-state index in [9.17, 15) is 9.59 Å². The van der Waals surface area contributed by atoms with E-state index in [-0.39, 0.29) is 35.7 Å². The summed E-state index contributed by atoms with van der Waals surface area (Å²) in [7, 11) is 0. The van der Waals surface area contributed by atoms with E-state index in [1.807, 2.05) is 0 Å². The van der Waals surface area contributed by atoms with Crippen molar-refractivity contribution in [3.05, 3.63) is 94.5 Å². The maximum Gasteiger partial charge on any atom is 0.425 e. The smallest absolute Gasteiger partial charge is 0.425 e. The van der Waals surface area contributed by atoms with E-state index in [1.54, 1.807) is 62.4 Å². The number of imidazole rings is 2. The molecule has 48 heavy (non-hydrogen) atoms. The van der Waals surface area contributed by atoms with Gasteiger partial charge in [-0.3, -0.25) is 9.13 Å². The first-order chi connectivity index (χ1) is 23.0. The van der Waals surface area contributed by atoms with Crippen molar-refractivity contribution in [2.45, 2.75) is 37.1 Å². The van der Waals surface area contributed by atoms with E-state index in [1.165, 1.54) is 33.9 Å². The van der Waals surface area contributed by atoms with Gasteiger partial charge in [0.25, 0.3) is 0 Å². The zero-order valence-electron chi connectivity index (χ0n) is 25.0. The summed E-state index contributed by atoms with van der Waals surface area (Å²) in [5.41, 5.74) is -1.07. The monoisotopic (exact) mass is 774 g/mol. The molecule has 18 heteroatoms. The van der Waals surface area contributed by atoms with Crippen molar-refractivity contribution in [1.82, 2.24) is 19.1 Å². The zero-order valence-corrected chi connectivity index (χ0v) is 29.7. The molecular formula is C30H26Cl4N4O8S2. The van der Waals surface area contributed by atoms with Gasteiger partial charge in [-0.05, 0) is 49.2 Å². The fourth-order valence-electron chi connectivity index (χ4n) is 4.06. The number of carbonyl (C=O) groups is 2. The highest BCUT2D eigenvalue weighted by molar-refractivity contribution is 7.79. The van der Waals surface area contributed by atoms with Crippen molar-refractivity contribution < 1.29 is 38.0 Å². The predicted octanol–water partition coefficient (Wildman–Crippen LogP) is 7.53. The van der Waals surface area contributed by atoms with Crippen molar-refractivity contribution in [2.75, 3.05) is 13.2 Å². The zero-order chi connectivity index (χ0) is 34.8. The van der Waals surface area contributed by atoms with Gasteiger partial charge in [0.2, 0.25) is 0 Å². The Hall–Kier alpha value is -3.66. The SMILES string of the molecule is CCOC(=S)OC(c1ccc(Cl)cc1)C(Cl)n1ccnc1OC(=O)C(=O)Oc1nccn1C(Cl)C(OC(=S)OCC)c1ccc(Cl)cc1. The lowest BCUT2D eigenvalue weighted by molar-refractivity contribution is -0.157. The molecule has 4 atom stereocenters. The Balaban J connectivity index is 1.51. The third-order valence-corrected chi connectivity index (χ3v) is 8.01. The van der Waals surface area contributed by atoms with Gasteiger partial charge in [0.1, 0.15) is 0 Å². The summed E-state index contributed by atoms with van der Waals surface area (Å²) in [5.74, 6) is -2.88. The molecule has 2 heterocycles. The second kappa shape index (κ2) is 17.7. The fourth-order valence-corrected chi connectivity index (χ4v) is 5.44. The molecule has 4 rings (SSSR count). The number of esters is 2. The number of aromatic nitrogens is 4. The van der Waals surface area contributed by atoms with Crippen LogP contribution >= 0.6 is 70.8 Å². The molecule has 0 saturated heterocycles. The van der Waals surface area contributed by atoms with E-state index in [2.05, 4.69) is 9.97 Å². The minimum atomic E-state index is -1.44. The molecule has 2 aromatic carbocycles. The number of hydrogen-bond donors (Lipinski definition) is 0. The van der Waals surface area contributed by atoms with E-state index < -0.39 is 35.1 Å². The van der Waals surface area contributed by atoms with Gasteiger partial charge in [-0.25, -0.2) is 19.6 Å². The highest BCUT2D eigenvalue weighted by Gasteiger charge is 2.33. The lowest BCUT2D eigenvalue weighted by atomic mass is 10.1. The normalized spacial score (nSPS) is 13.4. The quantitative estimate of drug-likeness (QED) is 0.0611. The minimum absolute atomic E-state index is 0.165. The van der Waals surface area contributed by atoms with Gasteiger partial charge < -0.3 is 28.4 Å². The molecule has 0 radical (unpaired) electrons. The number of benzene rings is 2. The average Bonchev–Trinajstić information content (AvgIpc) is 3.73. The molecule has 12 nitrogen and oxygen atoms in total. The molecule has 0 aliphatic carbocycles. The summed E-state index contributed by atoms with van der Waals surface area (Å²) in [6.07, 6.45) is 3.52. The van der Waals surface area contributed by atoms with Crippen LogP contribution in [0.15, 0.2) is 73.3 Å². The summed E-state index contributed by atoms with van der Waals surface area (Å²) < 4.78 is 35.2. The summed E-state index contributed by atoms with van der Waals surface area (Å²) in [4.78, 5) is 33.9. The molecule has 0 aliphatic heterocycles. The number of thiocarbonyl (C=S) groups is 2. The Labute approximate surface area is 305 Å². The molecule has 4 unspecified atom stereocenters. The Morgan fingerprint density at radius 3 is 1.38 bits per heavy atom. The van der Waals surface area contributed by atoms with E-state index >= 15 is 0 Å². The molecule has 2 aromatic heterocycles. The number of carbonyl (C=O) groups excluding carboxylic acids is 2. The first kappa shape index (κ1) is 37.2. The molecule has 0 bridgehead atoms. The first-order valence-corrected chi connectivity index (χ1v) is 16.4. The van der Waals surface area contributed by atoms with Crippen LogP contribution in [0.25, 0.3) is 0 Å². The number of rotatable bonds is 12. The number of ether oxygens (including phenoxy) is 6. The molecule has 0 N–H and O–H groups in total. The van der Waals surface area contributed by atoms with Gasteiger partial charge in [-0.2, -0.15) is 0 Å². The molecule has 0 amide bonds. The standard InChI is InChI=1S/C30H26Cl4N4O8S2/c1-3-41-29(47)43-21(17-5-9-19(31)10-6-17)23(33)37-15-13-35-27(37)45-25(39)26(40)46-28-36-14-16-38(28)24(34)22(44-30(48)42-4-2)18-7-11-20(32)12-8-18/h5-16,21-24H,3-4H2,1-2H3. The van der Waals surface area contributed by atoms with Crippen LogP contribution < -0.4 is 9.47 Å². The van der Waals surface area contributed by atoms with Crippen molar-refractivity contribution in [1.29, 1.82) is 0 Å². The minimum Gasteiger partial charge on any atom is -0.457 e. The van der Waals surface area contributed by atoms with Crippen LogP contribution in [0, 0.1) is 0 Å². The molecule has 4 aromatic rings. The van der Waals surface area contributed by atoms with E-state index in [4.69, 9.17) is 99.3 Å². The van der Waals surface area contributed by atoms with E-state index in [0.717, 1.165) is 0 Å². The van der Waals surface area contributed by atoms with Crippen LogP contribution in [0.3, 0.4) is 0 Å². The van der Waals surface area contributed by atoms with Gasteiger partial charge in [0.15, 0.2) is 23.2 Å². The lowest BCUT2D eigenvalue weighted by Crippen LogP contribution is -2.29. The topological polar surface area (TPSA) is 125 Å². The first-order valence-electron chi connectivity index (χ1n) is 14.0. The van der Waals surface area contributed by atoms with Crippen LogP contribution in [-0.2, 0) is 28.5 Å². The second-order valence-electron chi connectivity index (χ2n) is 9.30. The number of halogens is 4. The number of nitrogens with zero attached hydrogens (tertiary/aromatic N) is 4. The molecule has 0 spiro atoms. The molecular weight excluding hydrogens is 750 g/mol. The maximum absolute atomic E-state index is 12.9. The maximum atomic E-state index is 12.9. The third kappa shape index (κ3) is 9.71. The molecule has 0 saturated carbocycles. The predicted molar refractivity (Wildman–Crippen MR) is 185 cm³/mol. The van der Waals surface area contributed by atoms with Crippen molar-refractivity contribution >= 4 is 93.3 Å². The number of alkyl halides is 2. The van der Waals surface area contributed by atoms with Gasteiger partial charge in [-0.1, -0.05) is 70.7 Å². The van der Waals surface area contributed by atoms with Gasteiger partial charge in [0, 0.05) is 59.3 Å². The Kier molecular flexibility index (Phi) is 13.7. The highest BCUT2D eigenvalue weighted by Crippen LogP contribution is 2.38. The average molecular weight is 777 g/mol. The highest BCUT2D eigenvalue weighted by atomic mass is 35.5. The van der Waals surface area contributed by atoms with Crippen LogP contribution in [0.2, 0.25) is 10.0 Å². The Morgan fingerprint density at radius 1 is 0.688 bits per heavy atom. The van der Waals surface area contributed by atoms with Gasteiger partial charge in [0.05, 0.1) is 13.2 Å². The molecule has 254 valence electrons. The van der Waals surface area contributed by atoms with Crippen LogP contribution in [0.5, 0.6) is 12.0 Å².